The first-order chi connectivity index (χ1) is 10.5. The molecule has 0 bridgehead atoms. The van der Waals surface area contributed by atoms with E-state index in [1.807, 2.05) is 37.3 Å². The molecule has 2 aromatic rings. The molecule has 0 unspecified atom stereocenters. The zero-order valence-electron chi connectivity index (χ0n) is 13.4. The standard InChI is InChI=1S/C19H23NOS/c1-14-9-15(2)11-17(10-14)12-22-13-19(21)20-16(3)18-7-5-4-6-8-18/h4-11,16H,12-13H2,1-3H3,(H,20,21)/t16-/m0/s1. The Kier molecular flexibility index (Phi) is 6.08. The third-order valence-electron chi connectivity index (χ3n) is 3.46. The van der Waals surface area contributed by atoms with Gasteiger partial charge in [0.05, 0.1) is 11.8 Å². The molecular weight excluding hydrogens is 290 g/mol. The van der Waals surface area contributed by atoms with Gasteiger partial charge in [0.1, 0.15) is 0 Å². The molecule has 0 radical (unpaired) electrons. The van der Waals surface area contributed by atoms with Crippen LogP contribution in [0.2, 0.25) is 0 Å². The number of hydrogen-bond donors (Lipinski definition) is 1. The van der Waals surface area contributed by atoms with Crippen LogP contribution < -0.4 is 5.32 Å². The van der Waals surface area contributed by atoms with Gasteiger partial charge >= 0.3 is 0 Å². The highest BCUT2D eigenvalue weighted by molar-refractivity contribution is 7.99. The van der Waals surface area contributed by atoms with Crippen molar-refractivity contribution >= 4 is 17.7 Å². The molecule has 1 atom stereocenters. The highest BCUT2D eigenvalue weighted by Crippen LogP contribution is 2.16. The molecule has 1 amide bonds. The Hall–Kier alpha value is -1.74. The van der Waals surface area contributed by atoms with Gasteiger partial charge in [-0.2, -0.15) is 0 Å². The summed E-state index contributed by atoms with van der Waals surface area (Å²) in [6.45, 7) is 6.23. The van der Waals surface area contributed by atoms with Crippen LogP contribution in [0.1, 0.15) is 35.2 Å². The smallest absolute Gasteiger partial charge is 0.230 e. The van der Waals surface area contributed by atoms with E-state index in [1.165, 1.54) is 16.7 Å². The molecule has 0 aromatic heterocycles. The van der Waals surface area contributed by atoms with Crippen LogP contribution >= 0.6 is 11.8 Å². The average molecular weight is 313 g/mol. The molecule has 0 saturated carbocycles. The predicted molar refractivity (Wildman–Crippen MR) is 95.1 cm³/mol. The molecule has 22 heavy (non-hydrogen) atoms. The van der Waals surface area contributed by atoms with Crippen LogP contribution in [0.4, 0.5) is 0 Å². The maximum absolute atomic E-state index is 12.0. The van der Waals surface area contributed by atoms with Crippen molar-refractivity contribution in [1.29, 1.82) is 0 Å². The Bertz CT molecular complexity index is 604. The molecule has 0 saturated heterocycles. The normalized spacial score (nSPS) is 12.0. The first-order valence-corrected chi connectivity index (χ1v) is 8.69. The van der Waals surface area contributed by atoms with Crippen molar-refractivity contribution in [3.8, 4) is 0 Å². The molecule has 2 rings (SSSR count). The Morgan fingerprint density at radius 3 is 2.36 bits per heavy atom. The minimum Gasteiger partial charge on any atom is -0.349 e. The number of aryl methyl sites for hydroxylation is 2. The molecule has 1 N–H and O–H groups in total. The monoisotopic (exact) mass is 313 g/mol. The van der Waals surface area contributed by atoms with E-state index in [2.05, 4.69) is 37.4 Å². The molecule has 0 aliphatic heterocycles. The summed E-state index contributed by atoms with van der Waals surface area (Å²) in [6, 6.07) is 16.6. The summed E-state index contributed by atoms with van der Waals surface area (Å²) in [5.41, 5.74) is 4.97. The molecule has 0 spiro atoms. The van der Waals surface area contributed by atoms with Gasteiger partial charge in [-0.05, 0) is 31.9 Å². The van der Waals surface area contributed by atoms with Crippen molar-refractivity contribution in [3.05, 3.63) is 70.8 Å². The van der Waals surface area contributed by atoms with E-state index in [9.17, 15) is 4.79 Å². The summed E-state index contributed by atoms with van der Waals surface area (Å²) in [7, 11) is 0. The predicted octanol–water partition coefficient (Wildman–Crippen LogP) is 4.41. The second-order valence-corrected chi connectivity index (χ2v) is 6.67. The molecule has 0 fully saturated rings. The first-order valence-electron chi connectivity index (χ1n) is 7.54. The van der Waals surface area contributed by atoms with Crippen LogP contribution in [0, 0.1) is 13.8 Å². The Morgan fingerprint density at radius 2 is 1.73 bits per heavy atom. The number of rotatable bonds is 6. The van der Waals surface area contributed by atoms with Crippen molar-refractivity contribution in [1.82, 2.24) is 5.32 Å². The van der Waals surface area contributed by atoms with E-state index in [0.29, 0.717) is 5.75 Å². The SMILES string of the molecule is Cc1cc(C)cc(CSCC(=O)N[C@@H](C)c2ccccc2)c1. The van der Waals surface area contributed by atoms with Gasteiger partial charge < -0.3 is 5.32 Å². The number of nitrogens with one attached hydrogen (secondary N) is 1. The van der Waals surface area contributed by atoms with Gasteiger partial charge in [0.15, 0.2) is 0 Å². The van der Waals surface area contributed by atoms with Crippen molar-refractivity contribution in [2.75, 3.05) is 5.75 Å². The minimum atomic E-state index is 0.0514. The van der Waals surface area contributed by atoms with Gasteiger partial charge in [0, 0.05) is 5.75 Å². The van der Waals surface area contributed by atoms with Gasteiger partial charge in [-0.3, -0.25) is 4.79 Å². The van der Waals surface area contributed by atoms with Crippen LogP contribution in [-0.2, 0) is 10.5 Å². The van der Waals surface area contributed by atoms with E-state index < -0.39 is 0 Å². The van der Waals surface area contributed by atoms with Crippen molar-refractivity contribution in [3.63, 3.8) is 0 Å². The number of carbonyl (C=O) groups is 1. The number of hydrogen-bond acceptors (Lipinski definition) is 2. The van der Waals surface area contributed by atoms with E-state index >= 15 is 0 Å². The Labute approximate surface area is 137 Å². The minimum absolute atomic E-state index is 0.0514. The van der Waals surface area contributed by atoms with Crippen molar-refractivity contribution in [2.45, 2.75) is 32.6 Å². The summed E-state index contributed by atoms with van der Waals surface area (Å²) < 4.78 is 0. The molecule has 116 valence electrons. The van der Waals surface area contributed by atoms with Gasteiger partial charge in [-0.25, -0.2) is 0 Å². The molecule has 3 heteroatoms. The summed E-state index contributed by atoms with van der Waals surface area (Å²) in [5, 5.41) is 3.05. The highest BCUT2D eigenvalue weighted by atomic mass is 32.2. The van der Waals surface area contributed by atoms with Crippen LogP contribution in [0.3, 0.4) is 0 Å². The van der Waals surface area contributed by atoms with Crippen molar-refractivity contribution < 1.29 is 4.79 Å². The van der Waals surface area contributed by atoms with Gasteiger partial charge in [0.2, 0.25) is 5.91 Å². The van der Waals surface area contributed by atoms with E-state index in [0.717, 1.165) is 11.3 Å². The lowest BCUT2D eigenvalue weighted by Gasteiger charge is -2.14. The highest BCUT2D eigenvalue weighted by Gasteiger charge is 2.09. The number of amides is 1. The van der Waals surface area contributed by atoms with E-state index in [-0.39, 0.29) is 11.9 Å². The molecule has 0 aliphatic rings. The fourth-order valence-electron chi connectivity index (χ4n) is 2.52. The maximum atomic E-state index is 12.0. The molecule has 0 heterocycles. The van der Waals surface area contributed by atoms with Crippen LogP contribution in [0.25, 0.3) is 0 Å². The lowest BCUT2D eigenvalue weighted by atomic mass is 10.1. The fourth-order valence-corrected chi connectivity index (χ4v) is 3.30. The second-order valence-electron chi connectivity index (χ2n) is 5.69. The molecular formula is C19H23NOS. The largest absolute Gasteiger partial charge is 0.349 e. The third kappa shape index (κ3) is 5.23. The molecule has 0 aliphatic carbocycles. The summed E-state index contributed by atoms with van der Waals surface area (Å²) in [5.74, 6) is 1.45. The lowest BCUT2D eigenvalue weighted by Crippen LogP contribution is -2.28. The van der Waals surface area contributed by atoms with Crippen LogP contribution in [-0.4, -0.2) is 11.7 Å². The Balaban J connectivity index is 1.78. The fraction of sp³-hybridized carbons (Fsp3) is 0.316. The Morgan fingerprint density at radius 1 is 1.09 bits per heavy atom. The number of thioether (sulfide) groups is 1. The quantitative estimate of drug-likeness (QED) is 0.855. The molecule has 2 nitrogen and oxygen atoms in total. The van der Waals surface area contributed by atoms with Crippen LogP contribution in [0.15, 0.2) is 48.5 Å². The van der Waals surface area contributed by atoms with Gasteiger partial charge in [0.25, 0.3) is 0 Å². The maximum Gasteiger partial charge on any atom is 0.230 e. The van der Waals surface area contributed by atoms with Crippen LogP contribution in [0.5, 0.6) is 0 Å². The number of benzene rings is 2. The first kappa shape index (κ1) is 16.6. The topological polar surface area (TPSA) is 29.1 Å². The van der Waals surface area contributed by atoms with E-state index in [4.69, 9.17) is 0 Å². The van der Waals surface area contributed by atoms with Crippen molar-refractivity contribution in [2.24, 2.45) is 0 Å². The zero-order chi connectivity index (χ0) is 15.9. The summed E-state index contributed by atoms with van der Waals surface area (Å²) in [4.78, 5) is 12.0. The lowest BCUT2D eigenvalue weighted by molar-refractivity contribution is -0.119. The average Bonchev–Trinajstić information content (AvgIpc) is 2.47. The van der Waals surface area contributed by atoms with Gasteiger partial charge in [-0.1, -0.05) is 59.7 Å². The molecule has 2 aromatic carbocycles. The third-order valence-corrected chi connectivity index (χ3v) is 4.46. The number of carbonyl (C=O) groups excluding carboxylic acids is 1. The second kappa shape index (κ2) is 8.04. The summed E-state index contributed by atoms with van der Waals surface area (Å²) >= 11 is 1.66. The summed E-state index contributed by atoms with van der Waals surface area (Å²) in [6.07, 6.45) is 0. The van der Waals surface area contributed by atoms with Gasteiger partial charge in [-0.15, -0.1) is 11.8 Å². The van der Waals surface area contributed by atoms with E-state index in [1.54, 1.807) is 11.8 Å². The zero-order valence-corrected chi connectivity index (χ0v) is 14.2.